The normalized spacial score (nSPS) is 10.8. The third-order valence-electron chi connectivity index (χ3n) is 2.92. The maximum absolute atomic E-state index is 5.73. The molecule has 0 spiro atoms. The van der Waals surface area contributed by atoms with Gasteiger partial charge in [-0.3, -0.25) is 0 Å². The molecule has 96 valence electrons. The summed E-state index contributed by atoms with van der Waals surface area (Å²) in [5.74, 6) is 0. The molecule has 0 aliphatic heterocycles. The first kappa shape index (κ1) is 12.5. The number of hydrogen-bond donors (Lipinski definition) is 1. The molecule has 0 bridgehead atoms. The first-order chi connectivity index (χ1) is 9.36. The summed E-state index contributed by atoms with van der Waals surface area (Å²) in [5, 5.41) is 5.24. The van der Waals surface area contributed by atoms with Crippen LogP contribution < -0.4 is 5.73 Å². The third-order valence-corrected chi connectivity index (χ3v) is 4.68. The molecule has 3 rings (SSSR count). The maximum Gasteiger partial charge on any atom is 0.107 e. The Kier molecular flexibility index (Phi) is 3.73. The summed E-state index contributed by atoms with van der Waals surface area (Å²) < 4.78 is 0. The van der Waals surface area contributed by atoms with Crippen molar-refractivity contribution in [3.05, 3.63) is 62.6 Å². The monoisotopic (exact) mass is 286 g/mol. The third kappa shape index (κ3) is 2.76. The van der Waals surface area contributed by atoms with Crippen LogP contribution in [0.1, 0.15) is 15.4 Å². The maximum atomic E-state index is 5.73. The summed E-state index contributed by atoms with van der Waals surface area (Å²) in [6.45, 7) is 0.511. The highest BCUT2D eigenvalue weighted by atomic mass is 32.1. The van der Waals surface area contributed by atoms with E-state index in [1.54, 1.807) is 22.7 Å². The van der Waals surface area contributed by atoms with E-state index in [-0.39, 0.29) is 0 Å². The minimum absolute atomic E-state index is 0.511. The molecule has 19 heavy (non-hydrogen) atoms. The lowest BCUT2D eigenvalue weighted by Gasteiger charge is -2.01. The Hall–Kier alpha value is -1.49. The number of hydrogen-bond acceptors (Lipinski definition) is 4. The van der Waals surface area contributed by atoms with Crippen LogP contribution in [0.5, 0.6) is 0 Å². The predicted octanol–water partition coefficient (Wildman–Crippen LogP) is 3.92. The van der Waals surface area contributed by atoms with Crippen LogP contribution in [0, 0.1) is 0 Å². The highest BCUT2D eigenvalue weighted by Crippen LogP contribution is 2.31. The highest BCUT2D eigenvalue weighted by molar-refractivity contribution is 7.12. The molecule has 0 aliphatic rings. The van der Waals surface area contributed by atoms with Crippen molar-refractivity contribution in [3.63, 3.8) is 0 Å². The van der Waals surface area contributed by atoms with Crippen LogP contribution in [-0.2, 0) is 13.0 Å². The molecule has 0 saturated heterocycles. The molecular formula is C15H14N2S2. The van der Waals surface area contributed by atoms with Crippen molar-refractivity contribution in [2.75, 3.05) is 0 Å². The molecule has 0 unspecified atom stereocenters. The fourth-order valence-electron chi connectivity index (χ4n) is 2.01. The van der Waals surface area contributed by atoms with Crippen LogP contribution in [0.4, 0.5) is 0 Å². The Morgan fingerprint density at radius 3 is 2.63 bits per heavy atom. The number of benzene rings is 1. The molecule has 0 radical (unpaired) electrons. The van der Waals surface area contributed by atoms with E-state index in [0.29, 0.717) is 6.54 Å². The average Bonchev–Trinajstić information content (AvgIpc) is 3.08. The minimum atomic E-state index is 0.511. The molecule has 2 nitrogen and oxygen atoms in total. The van der Waals surface area contributed by atoms with Crippen LogP contribution in [0.15, 0.2) is 47.2 Å². The summed E-state index contributed by atoms with van der Waals surface area (Å²) in [7, 11) is 0. The Morgan fingerprint density at radius 1 is 1.11 bits per heavy atom. The van der Waals surface area contributed by atoms with Gasteiger partial charge in [0.2, 0.25) is 0 Å². The smallest absolute Gasteiger partial charge is 0.107 e. The molecule has 0 aliphatic carbocycles. The standard InChI is InChI=1S/C15H14N2S2/c16-9-14-17-15(12-6-7-18-10-12)13(19-14)8-11-4-2-1-3-5-11/h1-7,10H,8-9,16H2. The molecule has 0 amide bonds. The van der Waals surface area contributed by atoms with E-state index in [0.717, 1.165) is 17.1 Å². The number of thiazole rings is 1. The van der Waals surface area contributed by atoms with Gasteiger partial charge in [0.15, 0.2) is 0 Å². The zero-order valence-electron chi connectivity index (χ0n) is 10.4. The lowest BCUT2D eigenvalue weighted by atomic mass is 10.1. The molecule has 2 heterocycles. The van der Waals surface area contributed by atoms with Crippen LogP contribution in [0.3, 0.4) is 0 Å². The van der Waals surface area contributed by atoms with Gasteiger partial charge in [0, 0.05) is 28.8 Å². The summed E-state index contributed by atoms with van der Waals surface area (Å²) in [6, 6.07) is 12.6. The van der Waals surface area contributed by atoms with Crippen LogP contribution in [0.25, 0.3) is 11.3 Å². The Labute approximate surface area is 120 Å². The van der Waals surface area contributed by atoms with E-state index >= 15 is 0 Å². The zero-order valence-corrected chi connectivity index (χ0v) is 12.0. The Bertz CT molecular complexity index is 642. The second-order valence-corrected chi connectivity index (χ2v) is 6.21. The lowest BCUT2D eigenvalue weighted by Crippen LogP contribution is -1.94. The predicted molar refractivity (Wildman–Crippen MR) is 82.6 cm³/mol. The number of thiophene rings is 1. The van der Waals surface area contributed by atoms with Gasteiger partial charge in [0.25, 0.3) is 0 Å². The van der Waals surface area contributed by atoms with Crippen molar-refractivity contribution in [2.24, 2.45) is 5.73 Å². The van der Waals surface area contributed by atoms with Gasteiger partial charge in [-0.2, -0.15) is 11.3 Å². The van der Waals surface area contributed by atoms with E-state index in [2.05, 4.69) is 46.1 Å². The quantitative estimate of drug-likeness (QED) is 0.789. The van der Waals surface area contributed by atoms with E-state index in [9.17, 15) is 0 Å². The Balaban J connectivity index is 1.98. The number of nitrogens with zero attached hydrogens (tertiary/aromatic N) is 1. The van der Waals surface area contributed by atoms with Crippen molar-refractivity contribution in [2.45, 2.75) is 13.0 Å². The van der Waals surface area contributed by atoms with Crippen molar-refractivity contribution in [1.82, 2.24) is 4.98 Å². The second-order valence-electron chi connectivity index (χ2n) is 4.26. The number of aromatic nitrogens is 1. The molecule has 3 aromatic rings. The van der Waals surface area contributed by atoms with Crippen molar-refractivity contribution < 1.29 is 0 Å². The number of nitrogens with two attached hydrogens (primary N) is 1. The van der Waals surface area contributed by atoms with Gasteiger partial charge in [0.1, 0.15) is 5.01 Å². The fourth-order valence-corrected chi connectivity index (χ4v) is 3.66. The topological polar surface area (TPSA) is 38.9 Å². The summed E-state index contributed by atoms with van der Waals surface area (Å²) in [4.78, 5) is 5.96. The van der Waals surface area contributed by atoms with Gasteiger partial charge in [-0.15, -0.1) is 11.3 Å². The van der Waals surface area contributed by atoms with Crippen LogP contribution >= 0.6 is 22.7 Å². The SMILES string of the molecule is NCc1nc(-c2ccsc2)c(Cc2ccccc2)s1. The summed E-state index contributed by atoms with van der Waals surface area (Å²) in [5.41, 5.74) is 9.33. The molecule has 0 saturated carbocycles. The van der Waals surface area contributed by atoms with Gasteiger partial charge in [0.05, 0.1) is 5.69 Å². The average molecular weight is 286 g/mol. The molecule has 4 heteroatoms. The lowest BCUT2D eigenvalue weighted by molar-refractivity contribution is 1.04. The Morgan fingerprint density at radius 2 is 1.95 bits per heavy atom. The van der Waals surface area contributed by atoms with Crippen LogP contribution in [-0.4, -0.2) is 4.98 Å². The van der Waals surface area contributed by atoms with Crippen molar-refractivity contribution >= 4 is 22.7 Å². The fraction of sp³-hybridized carbons (Fsp3) is 0.133. The van der Waals surface area contributed by atoms with Crippen molar-refractivity contribution in [1.29, 1.82) is 0 Å². The van der Waals surface area contributed by atoms with E-state index in [4.69, 9.17) is 5.73 Å². The molecule has 0 fully saturated rings. The molecular weight excluding hydrogens is 272 g/mol. The van der Waals surface area contributed by atoms with Crippen LogP contribution in [0.2, 0.25) is 0 Å². The molecule has 0 atom stereocenters. The minimum Gasteiger partial charge on any atom is -0.325 e. The largest absolute Gasteiger partial charge is 0.325 e. The van der Waals surface area contributed by atoms with E-state index in [1.807, 2.05) is 6.07 Å². The van der Waals surface area contributed by atoms with Gasteiger partial charge < -0.3 is 5.73 Å². The summed E-state index contributed by atoms with van der Waals surface area (Å²) >= 11 is 3.42. The van der Waals surface area contributed by atoms with E-state index in [1.165, 1.54) is 16.0 Å². The van der Waals surface area contributed by atoms with Gasteiger partial charge >= 0.3 is 0 Å². The van der Waals surface area contributed by atoms with Gasteiger partial charge in [-0.05, 0) is 17.0 Å². The number of rotatable bonds is 4. The highest BCUT2D eigenvalue weighted by Gasteiger charge is 2.13. The second kappa shape index (κ2) is 5.65. The van der Waals surface area contributed by atoms with Gasteiger partial charge in [-0.25, -0.2) is 4.98 Å². The molecule has 1 aromatic carbocycles. The first-order valence-corrected chi connectivity index (χ1v) is 7.88. The molecule has 2 N–H and O–H groups in total. The van der Waals surface area contributed by atoms with Gasteiger partial charge in [-0.1, -0.05) is 30.3 Å². The van der Waals surface area contributed by atoms with Crippen molar-refractivity contribution in [3.8, 4) is 11.3 Å². The summed E-state index contributed by atoms with van der Waals surface area (Å²) in [6.07, 6.45) is 0.920. The molecule has 2 aromatic heterocycles. The zero-order chi connectivity index (χ0) is 13.1. The van der Waals surface area contributed by atoms with E-state index < -0.39 is 0 Å². The first-order valence-electron chi connectivity index (χ1n) is 6.12.